The van der Waals surface area contributed by atoms with Crippen molar-refractivity contribution < 1.29 is 24.4 Å². The van der Waals surface area contributed by atoms with Gasteiger partial charge in [0.2, 0.25) is 0 Å². The molecule has 0 bridgehead atoms. The molecule has 0 spiro atoms. The third-order valence-electron chi connectivity index (χ3n) is 6.29. The first-order valence-electron chi connectivity index (χ1n) is 9.98. The first kappa shape index (κ1) is 22.1. The molecule has 170 valence electrons. The minimum absolute atomic E-state index is 0.0723. The van der Waals surface area contributed by atoms with Crippen LogP contribution in [-0.2, 0) is 9.26 Å². The SMILES string of the molecule is CC1C(C)[PH]1(O)OC(C)(C)C[C@H]1O[C@H](n2c(N=[N+]=[N-])nc3c(N)ncnc32)[C@H](O)[C@@H]1O. The fourth-order valence-corrected chi connectivity index (χ4v) is 7.44. The zero-order chi connectivity index (χ0) is 22.7. The van der Waals surface area contributed by atoms with Crippen molar-refractivity contribution in [1.82, 2.24) is 19.5 Å². The van der Waals surface area contributed by atoms with E-state index in [1.165, 1.54) is 10.9 Å². The van der Waals surface area contributed by atoms with Gasteiger partial charge in [-0.05, 0) is 0 Å². The van der Waals surface area contributed by atoms with E-state index in [4.69, 9.17) is 20.5 Å². The van der Waals surface area contributed by atoms with Crippen LogP contribution in [0.15, 0.2) is 11.4 Å². The Morgan fingerprint density at radius 1 is 1.32 bits per heavy atom. The summed E-state index contributed by atoms with van der Waals surface area (Å²) in [5.41, 5.74) is 14.6. The fraction of sp³-hybridized carbons (Fsp3) is 0.706. The molecule has 6 atom stereocenters. The normalized spacial score (nSPS) is 33.3. The summed E-state index contributed by atoms with van der Waals surface area (Å²) in [4.78, 5) is 25.6. The number of aliphatic hydroxyl groups is 2. The zero-order valence-electron chi connectivity index (χ0n) is 17.6. The van der Waals surface area contributed by atoms with Crippen LogP contribution in [0.1, 0.15) is 40.3 Å². The van der Waals surface area contributed by atoms with E-state index in [0.717, 1.165) is 0 Å². The Morgan fingerprint density at radius 2 is 2.00 bits per heavy atom. The number of nitrogens with zero attached hydrogens (tertiary/aromatic N) is 7. The Bertz CT molecular complexity index is 1050. The van der Waals surface area contributed by atoms with Gasteiger partial charge in [-0.1, -0.05) is 0 Å². The van der Waals surface area contributed by atoms with Gasteiger partial charge in [0.25, 0.3) is 0 Å². The van der Waals surface area contributed by atoms with Crippen LogP contribution in [-0.4, -0.2) is 69.9 Å². The van der Waals surface area contributed by atoms with Crippen LogP contribution in [0.5, 0.6) is 0 Å². The first-order valence-corrected chi connectivity index (χ1v) is 12.0. The molecule has 13 nitrogen and oxygen atoms in total. The van der Waals surface area contributed by atoms with Gasteiger partial charge >= 0.3 is 178 Å². The zero-order valence-corrected chi connectivity index (χ0v) is 18.6. The number of fused-ring (bicyclic) bond motifs is 1. The van der Waals surface area contributed by atoms with E-state index in [1.807, 2.05) is 27.7 Å². The number of nitrogens with two attached hydrogens (primary N) is 1. The van der Waals surface area contributed by atoms with E-state index >= 15 is 0 Å². The van der Waals surface area contributed by atoms with Crippen molar-refractivity contribution in [1.29, 1.82) is 0 Å². The maximum absolute atomic E-state index is 10.7. The van der Waals surface area contributed by atoms with Crippen molar-refractivity contribution in [2.45, 2.75) is 75.6 Å². The number of ether oxygens (including phenoxy) is 1. The van der Waals surface area contributed by atoms with E-state index < -0.39 is 37.9 Å². The molecule has 31 heavy (non-hydrogen) atoms. The summed E-state index contributed by atoms with van der Waals surface area (Å²) in [6.45, 7) is 7.56. The van der Waals surface area contributed by atoms with Gasteiger partial charge in [0.05, 0.1) is 0 Å². The molecule has 2 aliphatic heterocycles. The number of rotatable bonds is 6. The van der Waals surface area contributed by atoms with Crippen molar-refractivity contribution in [3.63, 3.8) is 0 Å². The third-order valence-corrected chi connectivity index (χ3v) is 10.4. The number of anilines is 1. The van der Waals surface area contributed by atoms with E-state index in [-0.39, 0.29) is 40.7 Å². The Morgan fingerprint density at radius 3 is 2.61 bits per heavy atom. The van der Waals surface area contributed by atoms with Crippen LogP contribution in [0.4, 0.5) is 11.8 Å². The first-order chi connectivity index (χ1) is 14.5. The van der Waals surface area contributed by atoms with Gasteiger partial charge in [0.15, 0.2) is 0 Å². The molecule has 4 heterocycles. The van der Waals surface area contributed by atoms with E-state index in [9.17, 15) is 15.1 Å². The fourth-order valence-electron chi connectivity index (χ4n) is 4.24. The molecular formula is C17H27N8O5P. The average Bonchev–Trinajstić information content (AvgIpc) is 3.00. The number of hydrogen-bond acceptors (Lipinski definition) is 10. The molecule has 0 aliphatic carbocycles. The van der Waals surface area contributed by atoms with Crippen LogP contribution in [0, 0.1) is 0 Å². The predicted octanol–water partition coefficient (Wildman–Crippen LogP) is 1.52. The predicted molar refractivity (Wildman–Crippen MR) is 114 cm³/mol. The number of hydrogen-bond donors (Lipinski definition) is 4. The van der Waals surface area contributed by atoms with E-state index in [0.29, 0.717) is 0 Å². The van der Waals surface area contributed by atoms with Gasteiger partial charge < -0.3 is 0 Å². The van der Waals surface area contributed by atoms with Crippen LogP contribution >= 0.6 is 7.72 Å². The van der Waals surface area contributed by atoms with Gasteiger partial charge in [0.1, 0.15) is 0 Å². The second kappa shape index (κ2) is 7.49. The summed E-state index contributed by atoms with van der Waals surface area (Å²) < 4.78 is 13.4. The number of nitrogen functional groups attached to an aromatic ring is 1. The van der Waals surface area contributed by atoms with Crippen molar-refractivity contribution in [2.75, 3.05) is 5.73 Å². The Balaban J connectivity index is 1.62. The number of azide groups is 1. The summed E-state index contributed by atoms with van der Waals surface area (Å²) in [7, 11) is -2.79. The van der Waals surface area contributed by atoms with Gasteiger partial charge in [-0.2, -0.15) is 0 Å². The van der Waals surface area contributed by atoms with E-state index in [2.05, 4.69) is 25.0 Å². The summed E-state index contributed by atoms with van der Waals surface area (Å²) in [6.07, 6.45) is -3.13. The summed E-state index contributed by atoms with van der Waals surface area (Å²) in [5, 5.41) is 25.0. The molecule has 5 N–H and O–H groups in total. The van der Waals surface area contributed by atoms with Crippen LogP contribution in [0.3, 0.4) is 0 Å². The number of aliphatic hydroxyl groups excluding tert-OH is 2. The Hall–Kier alpha value is -2.11. The van der Waals surface area contributed by atoms with Gasteiger partial charge in [-0.15, -0.1) is 0 Å². The second-order valence-electron chi connectivity index (χ2n) is 8.84. The Kier molecular flexibility index (Phi) is 5.34. The van der Waals surface area contributed by atoms with Crippen molar-refractivity contribution in [3.8, 4) is 0 Å². The molecule has 2 unspecified atom stereocenters. The molecule has 4 rings (SSSR count). The third kappa shape index (κ3) is 3.62. The molecule has 0 saturated carbocycles. The van der Waals surface area contributed by atoms with Gasteiger partial charge in [0, 0.05) is 0 Å². The van der Waals surface area contributed by atoms with Gasteiger partial charge in [-0.3, -0.25) is 0 Å². The monoisotopic (exact) mass is 454 g/mol. The molecule has 2 aromatic heterocycles. The molecule has 0 aromatic carbocycles. The molecule has 0 radical (unpaired) electrons. The molecule has 2 aliphatic rings. The van der Waals surface area contributed by atoms with Gasteiger partial charge in [-0.25, -0.2) is 0 Å². The molecular weight excluding hydrogens is 427 g/mol. The van der Waals surface area contributed by atoms with Crippen molar-refractivity contribution in [3.05, 3.63) is 16.8 Å². The topological polar surface area (TPSA) is 198 Å². The molecule has 2 fully saturated rings. The molecule has 2 aromatic rings. The van der Waals surface area contributed by atoms with Crippen molar-refractivity contribution >= 4 is 30.6 Å². The Labute approximate surface area is 178 Å². The number of aromatic nitrogens is 4. The molecule has 0 amide bonds. The summed E-state index contributed by atoms with van der Waals surface area (Å²) in [5.74, 6) is -0.0532. The van der Waals surface area contributed by atoms with Crippen LogP contribution < -0.4 is 5.73 Å². The van der Waals surface area contributed by atoms with E-state index in [1.54, 1.807) is 0 Å². The van der Waals surface area contributed by atoms with Crippen LogP contribution in [0.25, 0.3) is 21.6 Å². The average molecular weight is 454 g/mol. The standard InChI is InChI=1S/C17H27N8O5P/c1-7-8(2)31(7,28)30-17(3,4)5-9-11(26)12(27)15(29-9)25-14-10(13(18)20-6-21-14)22-16(25)23-24-19/h6-9,11-12,15,26-28,31H,5H2,1-4H3,(H2,18,20,21)/t7?,8?,9-,11-,12-,15+/m1/s1. The molecule has 14 heteroatoms. The molecule has 2 saturated heterocycles. The quantitative estimate of drug-likeness (QED) is 0.216. The summed E-state index contributed by atoms with van der Waals surface area (Å²) in [6, 6.07) is 0. The maximum atomic E-state index is 10.7. The summed E-state index contributed by atoms with van der Waals surface area (Å²) >= 11 is 0. The second-order valence-corrected chi connectivity index (χ2v) is 12.4. The minimum atomic E-state index is -2.79. The number of imidazole rings is 1. The van der Waals surface area contributed by atoms with Crippen molar-refractivity contribution in [2.24, 2.45) is 5.11 Å². The van der Waals surface area contributed by atoms with Crippen LogP contribution in [0.2, 0.25) is 0 Å².